The van der Waals surface area contributed by atoms with Crippen LogP contribution >= 0.6 is 11.6 Å². The third-order valence-corrected chi connectivity index (χ3v) is 5.89. The number of benzene rings is 2. The summed E-state index contributed by atoms with van der Waals surface area (Å²) in [6, 6.07) is 9.89. The summed E-state index contributed by atoms with van der Waals surface area (Å²) < 4.78 is 13.3. The number of anilines is 2. The molecule has 2 aliphatic rings. The monoisotopic (exact) mass is 429 g/mol. The second kappa shape index (κ2) is 8.07. The molecule has 8 heteroatoms. The molecule has 2 heterocycles. The van der Waals surface area contributed by atoms with Crippen LogP contribution in [-0.2, 0) is 27.3 Å². The Kier molecular flexibility index (Phi) is 5.47. The zero-order chi connectivity index (χ0) is 21.4. The maximum atomic E-state index is 13.3. The summed E-state index contributed by atoms with van der Waals surface area (Å²) in [5.41, 5.74) is 3.33. The predicted octanol–water partition coefficient (Wildman–Crippen LogP) is 3.06. The van der Waals surface area contributed by atoms with Crippen molar-refractivity contribution in [2.45, 2.75) is 26.3 Å². The van der Waals surface area contributed by atoms with Crippen LogP contribution in [0.1, 0.15) is 24.5 Å². The van der Waals surface area contributed by atoms with E-state index in [4.69, 9.17) is 11.6 Å². The normalized spacial score (nSPS) is 18.0. The first-order valence-electron chi connectivity index (χ1n) is 9.76. The van der Waals surface area contributed by atoms with Crippen molar-refractivity contribution in [3.05, 3.63) is 58.4 Å². The molecule has 1 N–H and O–H groups in total. The molecule has 0 spiro atoms. The summed E-state index contributed by atoms with van der Waals surface area (Å²) >= 11 is 5.77. The standard InChI is InChI=1S/C22H21ClFN3O3/c1-13(28)26-7-6-15-9-17(3-5-20(15)26)27-12-16(10-21(27)29)22(30)25-11-14-2-4-19(24)18(23)8-14/h2-5,8-9,16H,6-7,10-12H2,1H3,(H,25,30)/t16-/m0/s1. The zero-order valence-electron chi connectivity index (χ0n) is 16.5. The van der Waals surface area contributed by atoms with Gasteiger partial charge in [-0.25, -0.2) is 4.39 Å². The van der Waals surface area contributed by atoms with Gasteiger partial charge in [-0.2, -0.15) is 0 Å². The minimum Gasteiger partial charge on any atom is -0.352 e. The number of rotatable bonds is 4. The van der Waals surface area contributed by atoms with E-state index in [1.165, 1.54) is 19.1 Å². The number of halogens is 2. The average molecular weight is 430 g/mol. The van der Waals surface area contributed by atoms with Crippen LogP contribution in [0.3, 0.4) is 0 Å². The first kappa shape index (κ1) is 20.3. The maximum Gasteiger partial charge on any atom is 0.227 e. The Balaban J connectivity index is 1.41. The van der Waals surface area contributed by atoms with Crippen molar-refractivity contribution >= 4 is 40.7 Å². The van der Waals surface area contributed by atoms with E-state index in [9.17, 15) is 18.8 Å². The van der Waals surface area contributed by atoms with Crippen LogP contribution < -0.4 is 15.1 Å². The highest BCUT2D eigenvalue weighted by molar-refractivity contribution is 6.30. The predicted molar refractivity (Wildman–Crippen MR) is 112 cm³/mol. The van der Waals surface area contributed by atoms with E-state index in [-0.39, 0.29) is 35.7 Å². The van der Waals surface area contributed by atoms with Crippen LogP contribution in [0.15, 0.2) is 36.4 Å². The molecule has 2 aromatic carbocycles. The van der Waals surface area contributed by atoms with Crippen molar-refractivity contribution in [3.63, 3.8) is 0 Å². The molecule has 0 radical (unpaired) electrons. The van der Waals surface area contributed by atoms with Gasteiger partial charge in [-0.3, -0.25) is 14.4 Å². The van der Waals surface area contributed by atoms with Gasteiger partial charge in [0.2, 0.25) is 17.7 Å². The van der Waals surface area contributed by atoms with E-state index in [1.807, 2.05) is 18.2 Å². The maximum absolute atomic E-state index is 13.3. The fourth-order valence-corrected chi connectivity index (χ4v) is 4.20. The van der Waals surface area contributed by atoms with Gasteiger partial charge in [-0.05, 0) is 47.9 Å². The van der Waals surface area contributed by atoms with Gasteiger partial charge in [0.15, 0.2) is 0 Å². The third kappa shape index (κ3) is 3.89. The van der Waals surface area contributed by atoms with Gasteiger partial charge in [0, 0.05) is 44.4 Å². The summed E-state index contributed by atoms with van der Waals surface area (Å²) in [5.74, 6) is -1.31. The second-order valence-electron chi connectivity index (χ2n) is 7.61. The van der Waals surface area contributed by atoms with Gasteiger partial charge in [-0.15, -0.1) is 0 Å². The van der Waals surface area contributed by atoms with E-state index >= 15 is 0 Å². The van der Waals surface area contributed by atoms with Crippen molar-refractivity contribution in [2.75, 3.05) is 22.9 Å². The highest BCUT2D eigenvalue weighted by Gasteiger charge is 2.35. The number of carbonyl (C=O) groups is 3. The van der Waals surface area contributed by atoms with E-state index in [0.717, 1.165) is 23.4 Å². The Morgan fingerprint density at radius 1 is 1.23 bits per heavy atom. The molecule has 2 aliphatic heterocycles. The molecule has 156 valence electrons. The van der Waals surface area contributed by atoms with Crippen LogP contribution in [0.4, 0.5) is 15.8 Å². The van der Waals surface area contributed by atoms with Gasteiger partial charge in [0.1, 0.15) is 5.82 Å². The molecular weight excluding hydrogens is 409 g/mol. The van der Waals surface area contributed by atoms with Crippen molar-refractivity contribution in [2.24, 2.45) is 5.92 Å². The van der Waals surface area contributed by atoms with Crippen LogP contribution in [0, 0.1) is 11.7 Å². The minimum absolute atomic E-state index is 0.00192. The largest absolute Gasteiger partial charge is 0.352 e. The number of nitrogens with one attached hydrogen (secondary N) is 1. The number of hydrogen-bond acceptors (Lipinski definition) is 3. The minimum atomic E-state index is -0.510. The fourth-order valence-electron chi connectivity index (χ4n) is 4.00. The summed E-state index contributed by atoms with van der Waals surface area (Å²) in [4.78, 5) is 40.2. The van der Waals surface area contributed by atoms with E-state index in [0.29, 0.717) is 18.7 Å². The summed E-state index contributed by atoms with van der Waals surface area (Å²) in [5, 5.41) is 2.80. The van der Waals surface area contributed by atoms with Crippen molar-refractivity contribution in [1.29, 1.82) is 0 Å². The molecule has 0 bridgehead atoms. The molecule has 0 unspecified atom stereocenters. The topological polar surface area (TPSA) is 69.7 Å². The van der Waals surface area contributed by atoms with E-state index in [1.54, 1.807) is 15.9 Å². The van der Waals surface area contributed by atoms with Crippen LogP contribution in [0.25, 0.3) is 0 Å². The van der Waals surface area contributed by atoms with Gasteiger partial charge in [0.25, 0.3) is 0 Å². The van der Waals surface area contributed by atoms with Crippen LogP contribution in [-0.4, -0.2) is 30.8 Å². The molecule has 1 atom stereocenters. The molecule has 30 heavy (non-hydrogen) atoms. The summed E-state index contributed by atoms with van der Waals surface area (Å²) in [6.07, 6.45) is 0.877. The lowest BCUT2D eigenvalue weighted by atomic mass is 10.1. The van der Waals surface area contributed by atoms with Gasteiger partial charge in [-0.1, -0.05) is 17.7 Å². The Morgan fingerprint density at radius 3 is 2.77 bits per heavy atom. The first-order chi connectivity index (χ1) is 14.3. The summed E-state index contributed by atoms with van der Waals surface area (Å²) in [6.45, 7) is 2.68. The molecule has 3 amide bonds. The smallest absolute Gasteiger partial charge is 0.227 e. The van der Waals surface area contributed by atoms with Gasteiger partial charge < -0.3 is 15.1 Å². The molecule has 0 saturated carbocycles. The van der Waals surface area contributed by atoms with Crippen LogP contribution in [0.5, 0.6) is 0 Å². The number of nitrogens with zero attached hydrogens (tertiary/aromatic N) is 2. The summed E-state index contributed by atoms with van der Waals surface area (Å²) in [7, 11) is 0. The number of hydrogen-bond donors (Lipinski definition) is 1. The molecule has 6 nitrogen and oxygen atoms in total. The molecule has 0 aromatic heterocycles. The highest BCUT2D eigenvalue weighted by atomic mass is 35.5. The zero-order valence-corrected chi connectivity index (χ0v) is 17.2. The lowest BCUT2D eigenvalue weighted by Gasteiger charge is -2.19. The van der Waals surface area contributed by atoms with Crippen molar-refractivity contribution in [1.82, 2.24) is 5.32 Å². The van der Waals surface area contributed by atoms with Crippen LogP contribution in [0.2, 0.25) is 5.02 Å². The number of amides is 3. The Hall–Kier alpha value is -2.93. The molecule has 0 aliphatic carbocycles. The van der Waals surface area contributed by atoms with Gasteiger partial charge >= 0.3 is 0 Å². The average Bonchev–Trinajstić information content (AvgIpc) is 3.31. The SMILES string of the molecule is CC(=O)N1CCc2cc(N3C[C@@H](C(=O)NCc4ccc(F)c(Cl)c4)CC3=O)ccc21. The van der Waals surface area contributed by atoms with Gasteiger partial charge in [0.05, 0.1) is 10.9 Å². The number of carbonyl (C=O) groups excluding carboxylic acids is 3. The lowest BCUT2D eigenvalue weighted by molar-refractivity contribution is -0.126. The second-order valence-corrected chi connectivity index (χ2v) is 8.01. The quantitative estimate of drug-likeness (QED) is 0.812. The molecule has 2 aromatic rings. The Bertz CT molecular complexity index is 1040. The first-order valence-corrected chi connectivity index (χ1v) is 10.1. The molecular formula is C22H21ClFN3O3. The highest BCUT2D eigenvalue weighted by Crippen LogP contribution is 2.34. The third-order valence-electron chi connectivity index (χ3n) is 5.60. The number of fused-ring (bicyclic) bond motifs is 1. The van der Waals surface area contributed by atoms with Crippen molar-refractivity contribution < 1.29 is 18.8 Å². The molecule has 4 rings (SSSR count). The van der Waals surface area contributed by atoms with E-state index < -0.39 is 11.7 Å². The van der Waals surface area contributed by atoms with Crippen molar-refractivity contribution in [3.8, 4) is 0 Å². The van der Waals surface area contributed by atoms with E-state index in [2.05, 4.69) is 5.32 Å². The molecule has 1 fully saturated rings. The Labute approximate surface area is 178 Å². The molecule has 1 saturated heterocycles. The lowest BCUT2D eigenvalue weighted by Crippen LogP contribution is -2.32. The fraction of sp³-hybridized carbons (Fsp3) is 0.318. The Morgan fingerprint density at radius 2 is 2.03 bits per heavy atom.